The Morgan fingerprint density at radius 3 is 2.61 bits per heavy atom. The van der Waals surface area contributed by atoms with Gasteiger partial charge in [-0.3, -0.25) is 4.99 Å². The van der Waals surface area contributed by atoms with Crippen LogP contribution in [0.5, 0.6) is 5.75 Å². The molecule has 0 heterocycles. The second-order valence-electron chi connectivity index (χ2n) is 6.00. The van der Waals surface area contributed by atoms with Gasteiger partial charge < -0.3 is 5.11 Å². The van der Waals surface area contributed by atoms with Crippen LogP contribution in [0.1, 0.15) is 56.7 Å². The van der Waals surface area contributed by atoms with E-state index in [-0.39, 0.29) is 5.41 Å². The maximum atomic E-state index is 10.4. The summed E-state index contributed by atoms with van der Waals surface area (Å²) in [6, 6.07) is 4.59. The molecule has 1 N–H and O–H groups in total. The van der Waals surface area contributed by atoms with Crippen LogP contribution in [0.2, 0.25) is 0 Å². The molecule has 0 unspecified atom stereocenters. The quantitative estimate of drug-likeness (QED) is 0.800. The van der Waals surface area contributed by atoms with E-state index in [1.165, 1.54) is 18.4 Å². The fourth-order valence-corrected chi connectivity index (χ4v) is 2.02. The first-order valence-electron chi connectivity index (χ1n) is 6.81. The molecule has 1 aromatic carbocycles. The molecule has 1 fully saturated rings. The smallest absolute Gasteiger partial charge is 0.128 e. The lowest BCUT2D eigenvalue weighted by atomic mass is 9.80. The molecule has 18 heavy (non-hydrogen) atoms. The van der Waals surface area contributed by atoms with Crippen molar-refractivity contribution in [1.29, 1.82) is 0 Å². The van der Waals surface area contributed by atoms with Gasteiger partial charge in [0.2, 0.25) is 0 Å². The summed E-state index contributed by atoms with van der Waals surface area (Å²) in [5.41, 5.74) is 3.07. The van der Waals surface area contributed by atoms with Gasteiger partial charge in [0, 0.05) is 17.3 Å². The molecule has 0 aliphatic heterocycles. The van der Waals surface area contributed by atoms with Crippen LogP contribution in [0.15, 0.2) is 17.1 Å². The zero-order valence-electron chi connectivity index (χ0n) is 11.8. The van der Waals surface area contributed by atoms with Gasteiger partial charge in [-0.1, -0.05) is 26.8 Å². The molecular formula is C16H23NO. The van der Waals surface area contributed by atoms with Gasteiger partial charge in [0.05, 0.1) is 6.04 Å². The summed E-state index contributed by atoms with van der Waals surface area (Å²) in [5.74, 6) is 0.400. The average Bonchev–Trinajstić information content (AvgIpc) is 3.13. The lowest BCUT2D eigenvalue weighted by Crippen LogP contribution is -2.16. The third-order valence-electron chi connectivity index (χ3n) is 3.87. The summed E-state index contributed by atoms with van der Waals surface area (Å²) in [6.45, 7) is 8.56. The van der Waals surface area contributed by atoms with Crippen molar-refractivity contribution in [2.75, 3.05) is 0 Å². The minimum atomic E-state index is -0.00171. The van der Waals surface area contributed by atoms with Gasteiger partial charge in [0.15, 0.2) is 0 Å². The molecule has 2 nitrogen and oxygen atoms in total. The summed E-state index contributed by atoms with van der Waals surface area (Å²) < 4.78 is 0. The molecule has 1 saturated carbocycles. The van der Waals surface area contributed by atoms with Crippen molar-refractivity contribution in [1.82, 2.24) is 0 Å². The predicted octanol–water partition coefficient (Wildman–Crippen LogP) is 3.97. The molecule has 0 bridgehead atoms. The first kappa shape index (κ1) is 13.1. The number of nitrogens with zero attached hydrogens (tertiary/aromatic N) is 1. The van der Waals surface area contributed by atoms with Gasteiger partial charge >= 0.3 is 0 Å². The number of benzene rings is 1. The second kappa shape index (κ2) is 4.75. The van der Waals surface area contributed by atoms with Gasteiger partial charge in [0.25, 0.3) is 0 Å². The van der Waals surface area contributed by atoms with E-state index in [1.807, 2.05) is 12.3 Å². The Hall–Kier alpha value is -1.31. The van der Waals surface area contributed by atoms with E-state index in [0.717, 1.165) is 17.5 Å². The largest absolute Gasteiger partial charge is 0.507 e. The van der Waals surface area contributed by atoms with Gasteiger partial charge in [-0.05, 0) is 43.2 Å². The van der Waals surface area contributed by atoms with Crippen LogP contribution in [-0.2, 0) is 5.41 Å². The van der Waals surface area contributed by atoms with E-state index in [1.54, 1.807) is 0 Å². The Labute approximate surface area is 110 Å². The highest BCUT2D eigenvalue weighted by atomic mass is 16.3. The molecule has 0 spiro atoms. The van der Waals surface area contributed by atoms with Crippen LogP contribution in [0, 0.1) is 6.92 Å². The standard InChI is InChI=1S/C16H23NO/c1-5-16(3,4)14-9-11(2)8-12(15(14)18)10-17-13-6-7-13/h8-10,13,18H,5-7H2,1-4H3. The summed E-state index contributed by atoms with van der Waals surface area (Å²) in [5, 5.41) is 10.4. The molecule has 1 aliphatic carbocycles. The van der Waals surface area contributed by atoms with E-state index in [0.29, 0.717) is 11.8 Å². The summed E-state index contributed by atoms with van der Waals surface area (Å²) >= 11 is 0. The third kappa shape index (κ3) is 2.74. The highest BCUT2D eigenvalue weighted by Crippen LogP contribution is 2.36. The fraction of sp³-hybridized carbons (Fsp3) is 0.562. The number of aromatic hydroxyl groups is 1. The molecule has 0 radical (unpaired) electrons. The normalized spacial score (nSPS) is 16.4. The predicted molar refractivity (Wildman–Crippen MR) is 76.8 cm³/mol. The van der Waals surface area contributed by atoms with Crippen LogP contribution in [0.3, 0.4) is 0 Å². The monoisotopic (exact) mass is 245 g/mol. The van der Waals surface area contributed by atoms with E-state index in [4.69, 9.17) is 0 Å². The minimum absolute atomic E-state index is 0.00171. The molecule has 1 aromatic rings. The van der Waals surface area contributed by atoms with Gasteiger partial charge in [0.1, 0.15) is 5.75 Å². The summed E-state index contributed by atoms with van der Waals surface area (Å²) in [7, 11) is 0. The highest BCUT2D eigenvalue weighted by molar-refractivity contribution is 5.85. The molecule has 0 atom stereocenters. The van der Waals surface area contributed by atoms with E-state index in [9.17, 15) is 5.11 Å². The topological polar surface area (TPSA) is 32.6 Å². The first-order chi connectivity index (χ1) is 8.44. The Morgan fingerprint density at radius 1 is 1.39 bits per heavy atom. The SMILES string of the molecule is CCC(C)(C)c1cc(C)cc(C=NC2CC2)c1O. The third-order valence-corrected chi connectivity index (χ3v) is 3.87. The zero-order valence-corrected chi connectivity index (χ0v) is 11.8. The van der Waals surface area contributed by atoms with E-state index in [2.05, 4.69) is 38.8 Å². The highest BCUT2D eigenvalue weighted by Gasteiger charge is 2.24. The van der Waals surface area contributed by atoms with Crippen LogP contribution in [-0.4, -0.2) is 17.4 Å². The van der Waals surface area contributed by atoms with E-state index >= 15 is 0 Å². The summed E-state index contributed by atoms with van der Waals surface area (Å²) in [6.07, 6.45) is 5.23. The maximum Gasteiger partial charge on any atom is 0.128 e. The molecule has 98 valence electrons. The van der Waals surface area contributed by atoms with Crippen molar-refractivity contribution < 1.29 is 5.11 Å². The van der Waals surface area contributed by atoms with Crippen molar-refractivity contribution in [2.24, 2.45) is 4.99 Å². The van der Waals surface area contributed by atoms with Crippen LogP contribution in [0.4, 0.5) is 0 Å². The Bertz CT molecular complexity index is 470. The molecule has 0 aromatic heterocycles. The zero-order chi connectivity index (χ0) is 13.3. The Morgan fingerprint density at radius 2 is 2.06 bits per heavy atom. The lowest BCUT2D eigenvalue weighted by molar-refractivity contribution is 0.428. The van der Waals surface area contributed by atoms with Crippen LogP contribution >= 0.6 is 0 Å². The first-order valence-corrected chi connectivity index (χ1v) is 6.81. The molecule has 0 amide bonds. The molecule has 1 aliphatic rings. The van der Waals surface area contributed by atoms with Crippen molar-refractivity contribution in [3.8, 4) is 5.75 Å². The number of hydrogen-bond donors (Lipinski definition) is 1. The number of aryl methyl sites for hydroxylation is 1. The lowest BCUT2D eigenvalue weighted by Gasteiger charge is -2.25. The van der Waals surface area contributed by atoms with Crippen molar-refractivity contribution >= 4 is 6.21 Å². The molecule has 2 heteroatoms. The van der Waals surface area contributed by atoms with Crippen LogP contribution < -0.4 is 0 Å². The Balaban J connectivity index is 2.41. The van der Waals surface area contributed by atoms with Gasteiger partial charge in [-0.25, -0.2) is 0 Å². The minimum Gasteiger partial charge on any atom is -0.507 e. The average molecular weight is 245 g/mol. The second-order valence-corrected chi connectivity index (χ2v) is 6.00. The maximum absolute atomic E-state index is 10.4. The van der Waals surface area contributed by atoms with E-state index < -0.39 is 0 Å². The Kier molecular flexibility index (Phi) is 3.47. The molecular weight excluding hydrogens is 222 g/mol. The number of hydrogen-bond acceptors (Lipinski definition) is 2. The van der Waals surface area contributed by atoms with Crippen molar-refractivity contribution in [2.45, 2.75) is 58.4 Å². The van der Waals surface area contributed by atoms with Gasteiger partial charge in [-0.15, -0.1) is 0 Å². The molecule has 0 saturated heterocycles. The molecule has 2 rings (SSSR count). The number of rotatable bonds is 4. The number of aliphatic imine (C=N–C) groups is 1. The van der Waals surface area contributed by atoms with Gasteiger partial charge in [-0.2, -0.15) is 0 Å². The van der Waals surface area contributed by atoms with Crippen molar-refractivity contribution in [3.05, 3.63) is 28.8 Å². The van der Waals surface area contributed by atoms with Crippen molar-refractivity contribution in [3.63, 3.8) is 0 Å². The summed E-state index contributed by atoms with van der Waals surface area (Å²) in [4.78, 5) is 4.47. The van der Waals surface area contributed by atoms with Crippen LogP contribution in [0.25, 0.3) is 0 Å². The number of phenolic OH excluding ortho intramolecular Hbond substituents is 1. The number of phenols is 1. The fourth-order valence-electron chi connectivity index (χ4n) is 2.02.